The Morgan fingerprint density at radius 1 is 0.900 bits per heavy atom. The molecule has 1 atom stereocenters. The molecule has 0 saturated heterocycles. The molecule has 8 heteroatoms. The molecule has 0 saturated carbocycles. The van der Waals surface area contributed by atoms with E-state index in [1.807, 2.05) is 72.8 Å². The number of hydrazone groups is 1. The topological polar surface area (TPSA) is 83.5 Å². The number of amides is 1. The van der Waals surface area contributed by atoms with Gasteiger partial charge >= 0.3 is 0 Å². The molecular weight excluding hydrogens is 566 g/mol. The summed E-state index contributed by atoms with van der Waals surface area (Å²) >= 11 is 3.44. The van der Waals surface area contributed by atoms with Gasteiger partial charge in [0.2, 0.25) is 0 Å². The van der Waals surface area contributed by atoms with Crippen molar-refractivity contribution in [1.29, 1.82) is 0 Å². The maximum absolute atomic E-state index is 14.0. The molecule has 0 radical (unpaired) electrons. The van der Waals surface area contributed by atoms with E-state index < -0.39 is 5.54 Å². The first kappa shape index (κ1) is 25.8. The zero-order chi connectivity index (χ0) is 27.9. The maximum Gasteiger partial charge on any atom is 0.275 e. The number of anilines is 2. The zero-order valence-corrected chi connectivity index (χ0v) is 23.8. The van der Waals surface area contributed by atoms with Crippen molar-refractivity contribution in [3.05, 3.63) is 112 Å². The summed E-state index contributed by atoms with van der Waals surface area (Å²) in [4.78, 5) is 20.8. The quantitative estimate of drug-likeness (QED) is 0.190. The lowest BCUT2D eigenvalue weighted by atomic mass is 9.75. The Morgan fingerprint density at radius 3 is 2.35 bits per heavy atom. The molecule has 1 amide bonds. The first-order chi connectivity index (χ1) is 19.5. The molecule has 200 valence electrons. The number of nitrogens with zero attached hydrogens (tertiary/aromatic N) is 4. The lowest BCUT2D eigenvalue weighted by molar-refractivity contribution is 0.0675. The van der Waals surface area contributed by atoms with Crippen molar-refractivity contribution in [1.82, 2.24) is 5.01 Å². The van der Waals surface area contributed by atoms with E-state index in [4.69, 9.17) is 15.6 Å². The number of rotatable bonds is 6. The van der Waals surface area contributed by atoms with Gasteiger partial charge in [0.15, 0.2) is 0 Å². The number of carbonyl (C=O) groups excluding carboxylic acids is 1. The lowest BCUT2D eigenvalue weighted by Crippen LogP contribution is -2.44. The standard InChI is InChI=1S/C32H28BrN5O2/c1-3-37(4-2)24-14-16-28-30(20-24)40-29-19-22(34)11-15-27(29)32(28)26-8-6-5-7-25(26)31(39)38(32)36-18-17-35-23-12-9-21(33)10-13-23/h5-20H,3-4,34H2,1-2H3/b35-17?,36-18+. The summed E-state index contributed by atoms with van der Waals surface area (Å²) in [7, 11) is 0. The SMILES string of the molecule is CCN(CC)c1ccc2c(c1)Oc1cc(N)ccc1C21c2ccccc2C(=O)N1/N=C/C=Nc1ccc(Br)cc1. The second-order valence-electron chi connectivity index (χ2n) is 9.60. The summed E-state index contributed by atoms with van der Waals surface area (Å²) in [5.41, 5.74) is 10.6. The minimum Gasteiger partial charge on any atom is -0.456 e. The number of hydrogen-bond acceptors (Lipinski definition) is 6. The molecule has 1 unspecified atom stereocenters. The second kappa shape index (κ2) is 10.3. The molecule has 0 fully saturated rings. The van der Waals surface area contributed by atoms with Gasteiger partial charge in [0, 0.05) is 69.5 Å². The third-order valence-electron chi connectivity index (χ3n) is 7.46. The molecule has 2 N–H and O–H groups in total. The Hall–Kier alpha value is -4.43. The van der Waals surface area contributed by atoms with E-state index in [-0.39, 0.29) is 5.91 Å². The summed E-state index contributed by atoms with van der Waals surface area (Å²) in [6, 6.07) is 27.1. The lowest BCUT2D eigenvalue weighted by Gasteiger charge is -2.42. The molecule has 4 aromatic rings. The van der Waals surface area contributed by atoms with Gasteiger partial charge in [-0.15, -0.1) is 0 Å². The van der Waals surface area contributed by atoms with E-state index in [2.05, 4.69) is 51.8 Å². The fourth-order valence-corrected chi connectivity index (χ4v) is 5.90. The average molecular weight is 595 g/mol. The van der Waals surface area contributed by atoms with Crippen LogP contribution in [0.4, 0.5) is 17.1 Å². The third kappa shape index (κ3) is 4.07. The maximum atomic E-state index is 14.0. The van der Waals surface area contributed by atoms with Gasteiger partial charge in [-0.05, 0) is 56.3 Å². The van der Waals surface area contributed by atoms with Crippen LogP contribution in [-0.4, -0.2) is 36.4 Å². The van der Waals surface area contributed by atoms with Gasteiger partial charge in [-0.3, -0.25) is 9.79 Å². The Balaban J connectivity index is 1.55. The number of carbonyl (C=O) groups is 1. The molecule has 1 spiro atoms. The Kier molecular flexibility index (Phi) is 6.64. The normalized spacial score (nSPS) is 17.3. The molecule has 4 aromatic carbocycles. The number of hydrogen-bond donors (Lipinski definition) is 1. The highest BCUT2D eigenvalue weighted by molar-refractivity contribution is 9.10. The summed E-state index contributed by atoms with van der Waals surface area (Å²) in [6.07, 6.45) is 3.16. The van der Waals surface area contributed by atoms with Crippen LogP contribution in [0, 0.1) is 0 Å². The third-order valence-corrected chi connectivity index (χ3v) is 7.98. The van der Waals surface area contributed by atoms with Crippen LogP contribution < -0.4 is 15.4 Å². The van der Waals surface area contributed by atoms with Crippen molar-refractivity contribution in [3.8, 4) is 11.5 Å². The van der Waals surface area contributed by atoms with Gasteiger partial charge in [0.05, 0.1) is 11.9 Å². The molecule has 40 heavy (non-hydrogen) atoms. The Bertz CT molecular complexity index is 1660. The molecule has 0 aromatic heterocycles. The Labute approximate surface area is 241 Å². The van der Waals surface area contributed by atoms with Gasteiger partial charge in [-0.25, -0.2) is 5.01 Å². The largest absolute Gasteiger partial charge is 0.456 e. The number of nitrogen functional groups attached to an aromatic ring is 1. The molecule has 2 aliphatic rings. The van der Waals surface area contributed by atoms with Gasteiger partial charge in [-0.1, -0.05) is 46.3 Å². The van der Waals surface area contributed by atoms with Crippen LogP contribution in [0.5, 0.6) is 11.5 Å². The fraction of sp³-hybridized carbons (Fsp3) is 0.156. The first-order valence-electron chi connectivity index (χ1n) is 13.2. The van der Waals surface area contributed by atoms with Gasteiger partial charge in [0.1, 0.15) is 17.0 Å². The molecule has 2 heterocycles. The van der Waals surface area contributed by atoms with Crippen LogP contribution in [-0.2, 0) is 5.54 Å². The van der Waals surface area contributed by atoms with Crippen molar-refractivity contribution in [2.75, 3.05) is 23.7 Å². The van der Waals surface area contributed by atoms with E-state index in [1.165, 1.54) is 0 Å². The van der Waals surface area contributed by atoms with Crippen molar-refractivity contribution < 1.29 is 9.53 Å². The van der Waals surface area contributed by atoms with E-state index in [1.54, 1.807) is 17.4 Å². The highest BCUT2D eigenvalue weighted by Gasteiger charge is 2.57. The van der Waals surface area contributed by atoms with Crippen LogP contribution >= 0.6 is 15.9 Å². The highest BCUT2D eigenvalue weighted by Crippen LogP contribution is 2.58. The molecule has 7 nitrogen and oxygen atoms in total. The summed E-state index contributed by atoms with van der Waals surface area (Å²) in [5, 5.41) is 6.30. The predicted octanol–water partition coefficient (Wildman–Crippen LogP) is 7.12. The van der Waals surface area contributed by atoms with Crippen molar-refractivity contribution in [3.63, 3.8) is 0 Å². The number of ether oxygens (including phenoxy) is 1. The molecule has 6 rings (SSSR count). The second-order valence-corrected chi connectivity index (χ2v) is 10.5. The summed E-state index contributed by atoms with van der Waals surface area (Å²) < 4.78 is 7.47. The minimum atomic E-state index is -1.05. The van der Waals surface area contributed by atoms with Gasteiger partial charge in [-0.2, -0.15) is 5.10 Å². The zero-order valence-electron chi connectivity index (χ0n) is 22.2. The number of fused-ring (bicyclic) bond motifs is 6. The van der Waals surface area contributed by atoms with Crippen LogP contribution in [0.2, 0.25) is 0 Å². The predicted molar refractivity (Wildman–Crippen MR) is 164 cm³/mol. The van der Waals surface area contributed by atoms with E-state index in [0.29, 0.717) is 22.7 Å². The van der Waals surface area contributed by atoms with Crippen LogP contribution in [0.1, 0.15) is 40.9 Å². The number of benzene rings is 4. The van der Waals surface area contributed by atoms with Crippen LogP contribution in [0.15, 0.2) is 99.5 Å². The van der Waals surface area contributed by atoms with Crippen molar-refractivity contribution >= 4 is 51.3 Å². The summed E-state index contributed by atoms with van der Waals surface area (Å²) in [6.45, 7) is 5.97. The number of nitrogens with two attached hydrogens (primary N) is 1. The van der Waals surface area contributed by atoms with E-state index in [0.717, 1.165) is 45.6 Å². The van der Waals surface area contributed by atoms with E-state index >= 15 is 0 Å². The van der Waals surface area contributed by atoms with Crippen LogP contribution in [0.3, 0.4) is 0 Å². The number of aliphatic imine (C=N–C) groups is 1. The van der Waals surface area contributed by atoms with Gasteiger partial charge < -0.3 is 15.4 Å². The molecule has 0 aliphatic carbocycles. The molecular formula is C32H28BrN5O2. The Morgan fingerprint density at radius 2 is 1.60 bits per heavy atom. The smallest absolute Gasteiger partial charge is 0.275 e. The number of halogens is 1. The molecule has 2 aliphatic heterocycles. The molecule has 0 bridgehead atoms. The average Bonchev–Trinajstić information content (AvgIpc) is 3.21. The van der Waals surface area contributed by atoms with Crippen molar-refractivity contribution in [2.45, 2.75) is 19.4 Å². The van der Waals surface area contributed by atoms with Crippen LogP contribution in [0.25, 0.3) is 0 Å². The van der Waals surface area contributed by atoms with Crippen molar-refractivity contribution in [2.24, 2.45) is 10.1 Å². The minimum absolute atomic E-state index is 0.202. The highest BCUT2D eigenvalue weighted by atomic mass is 79.9. The van der Waals surface area contributed by atoms with E-state index in [9.17, 15) is 4.79 Å². The monoisotopic (exact) mass is 593 g/mol. The van der Waals surface area contributed by atoms with Gasteiger partial charge in [0.25, 0.3) is 5.91 Å². The fourth-order valence-electron chi connectivity index (χ4n) is 5.63. The first-order valence-corrected chi connectivity index (χ1v) is 14.0. The summed E-state index contributed by atoms with van der Waals surface area (Å²) in [5.74, 6) is 1.06.